The first-order valence-corrected chi connectivity index (χ1v) is 6.04. The summed E-state index contributed by atoms with van der Waals surface area (Å²) in [6, 6.07) is 4.26. The van der Waals surface area contributed by atoms with Gasteiger partial charge in [-0.2, -0.15) is 5.26 Å². The lowest BCUT2D eigenvalue weighted by Gasteiger charge is -2.15. The molecule has 18 heavy (non-hydrogen) atoms. The van der Waals surface area contributed by atoms with Gasteiger partial charge in [0, 0.05) is 18.2 Å². The molecule has 1 aliphatic carbocycles. The highest BCUT2D eigenvalue weighted by atomic mass is 16.5. The van der Waals surface area contributed by atoms with E-state index >= 15 is 0 Å². The monoisotopic (exact) mass is 248 g/mol. The molecule has 2 unspecified atom stereocenters. The summed E-state index contributed by atoms with van der Waals surface area (Å²) in [7, 11) is 1.32. The first-order valence-electron chi connectivity index (χ1n) is 6.04. The summed E-state index contributed by atoms with van der Waals surface area (Å²) in [5.74, 6) is -0.171. The largest absolute Gasteiger partial charge is 0.463 e. The number of furan rings is 1. The maximum atomic E-state index is 11.4. The number of nitrogens with one attached hydrogen (secondary N) is 1. The highest BCUT2D eigenvalue weighted by molar-refractivity contribution is 5.87. The van der Waals surface area contributed by atoms with Crippen molar-refractivity contribution in [2.75, 3.05) is 7.11 Å². The Bertz CT molecular complexity index is 461. The Labute approximate surface area is 106 Å². The van der Waals surface area contributed by atoms with Crippen LogP contribution in [-0.2, 0) is 11.3 Å². The van der Waals surface area contributed by atoms with Crippen molar-refractivity contribution in [1.29, 1.82) is 5.26 Å². The quantitative estimate of drug-likeness (QED) is 0.823. The molecule has 1 aliphatic rings. The minimum Gasteiger partial charge on any atom is -0.463 e. The molecule has 1 aromatic heterocycles. The smallest absolute Gasteiger partial charge is 0.374 e. The van der Waals surface area contributed by atoms with Gasteiger partial charge in [0.1, 0.15) is 0 Å². The second-order valence-corrected chi connectivity index (χ2v) is 4.42. The Balaban J connectivity index is 1.96. The third kappa shape index (κ3) is 2.54. The SMILES string of the molecule is COC(=O)c1occc1CNC1CCCC1C#N. The third-order valence-electron chi connectivity index (χ3n) is 3.35. The summed E-state index contributed by atoms with van der Waals surface area (Å²) in [5, 5.41) is 12.3. The van der Waals surface area contributed by atoms with Gasteiger partial charge in [0.25, 0.3) is 0 Å². The van der Waals surface area contributed by atoms with Crippen molar-refractivity contribution in [1.82, 2.24) is 5.32 Å². The number of nitrogens with zero attached hydrogens (tertiary/aromatic N) is 1. The molecule has 1 fully saturated rings. The van der Waals surface area contributed by atoms with Crippen molar-refractivity contribution >= 4 is 5.97 Å². The van der Waals surface area contributed by atoms with E-state index in [-0.39, 0.29) is 17.7 Å². The van der Waals surface area contributed by atoms with Crippen LogP contribution < -0.4 is 5.32 Å². The number of ether oxygens (including phenoxy) is 1. The molecule has 0 radical (unpaired) electrons. The van der Waals surface area contributed by atoms with Crippen molar-refractivity contribution < 1.29 is 13.9 Å². The third-order valence-corrected chi connectivity index (χ3v) is 3.35. The lowest BCUT2D eigenvalue weighted by Crippen LogP contribution is -2.31. The molecule has 5 heteroatoms. The van der Waals surface area contributed by atoms with Crippen LogP contribution in [-0.4, -0.2) is 19.1 Å². The first-order chi connectivity index (χ1) is 8.76. The van der Waals surface area contributed by atoms with Crippen LogP contribution in [0.4, 0.5) is 0 Å². The maximum Gasteiger partial charge on any atom is 0.374 e. The normalized spacial score (nSPS) is 22.7. The highest BCUT2D eigenvalue weighted by Gasteiger charge is 2.27. The average molecular weight is 248 g/mol. The minimum absolute atomic E-state index is 0.0680. The Kier molecular flexibility index (Phi) is 4.00. The Morgan fingerprint density at radius 3 is 3.22 bits per heavy atom. The van der Waals surface area contributed by atoms with E-state index in [1.165, 1.54) is 13.4 Å². The first kappa shape index (κ1) is 12.7. The molecular weight excluding hydrogens is 232 g/mol. The second-order valence-electron chi connectivity index (χ2n) is 4.42. The Morgan fingerprint density at radius 1 is 1.67 bits per heavy atom. The zero-order valence-electron chi connectivity index (χ0n) is 10.3. The molecule has 5 nitrogen and oxygen atoms in total. The topological polar surface area (TPSA) is 75.3 Å². The predicted octanol–water partition coefficient (Wildman–Crippen LogP) is 1.85. The van der Waals surface area contributed by atoms with E-state index in [2.05, 4.69) is 16.1 Å². The molecule has 0 bridgehead atoms. The van der Waals surface area contributed by atoms with Crippen LogP contribution in [0.3, 0.4) is 0 Å². The highest BCUT2D eigenvalue weighted by Crippen LogP contribution is 2.25. The molecule has 1 N–H and O–H groups in total. The van der Waals surface area contributed by atoms with E-state index in [4.69, 9.17) is 9.68 Å². The molecule has 0 saturated heterocycles. The van der Waals surface area contributed by atoms with Gasteiger partial charge in [-0.15, -0.1) is 0 Å². The number of hydrogen-bond donors (Lipinski definition) is 1. The van der Waals surface area contributed by atoms with E-state index < -0.39 is 5.97 Å². The molecule has 2 atom stereocenters. The summed E-state index contributed by atoms with van der Waals surface area (Å²) >= 11 is 0. The van der Waals surface area contributed by atoms with E-state index in [1.807, 2.05) is 0 Å². The predicted molar refractivity (Wildman–Crippen MR) is 63.6 cm³/mol. The zero-order chi connectivity index (χ0) is 13.0. The van der Waals surface area contributed by atoms with Gasteiger partial charge in [0.05, 0.1) is 25.4 Å². The molecule has 2 rings (SSSR count). The maximum absolute atomic E-state index is 11.4. The number of hydrogen-bond acceptors (Lipinski definition) is 5. The van der Waals surface area contributed by atoms with E-state index in [1.54, 1.807) is 6.07 Å². The molecule has 1 heterocycles. The van der Waals surface area contributed by atoms with Crippen LogP contribution in [0, 0.1) is 17.2 Å². The number of carbonyl (C=O) groups excluding carboxylic acids is 1. The van der Waals surface area contributed by atoms with Gasteiger partial charge >= 0.3 is 5.97 Å². The zero-order valence-corrected chi connectivity index (χ0v) is 10.3. The Morgan fingerprint density at radius 2 is 2.50 bits per heavy atom. The lowest BCUT2D eigenvalue weighted by molar-refractivity contribution is 0.0563. The number of methoxy groups -OCH3 is 1. The standard InChI is InChI=1S/C13H16N2O3/c1-17-13(16)12-10(5-6-18-12)8-15-11-4-2-3-9(11)7-14/h5-6,9,11,15H,2-4,8H2,1H3. The van der Waals surface area contributed by atoms with E-state index in [9.17, 15) is 4.79 Å². The number of carbonyl (C=O) groups is 1. The van der Waals surface area contributed by atoms with Crippen LogP contribution >= 0.6 is 0 Å². The number of nitriles is 1. The molecule has 1 saturated carbocycles. The van der Waals surface area contributed by atoms with Gasteiger partial charge < -0.3 is 14.5 Å². The molecule has 96 valence electrons. The van der Waals surface area contributed by atoms with Gasteiger partial charge in [-0.3, -0.25) is 0 Å². The van der Waals surface area contributed by atoms with Gasteiger partial charge in [0.2, 0.25) is 5.76 Å². The van der Waals surface area contributed by atoms with Crippen LogP contribution in [0.1, 0.15) is 35.4 Å². The molecule has 0 spiro atoms. The molecular formula is C13H16N2O3. The fourth-order valence-electron chi connectivity index (χ4n) is 2.35. The Hall–Kier alpha value is -1.80. The molecule has 0 aliphatic heterocycles. The van der Waals surface area contributed by atoms with E-state index in [0.29, 0.717) is 6.54 Å². The van der Waals surface area contributed by atoms with Gasteiger partial charge in [-0.25, -0.2) is 4.79 Å². The van der Waals surface area contributed by atoms with E-state index in [0.717, 1.165) is 24.8 Å². The van der Waals surface area contributed by atoms with Gasteiger partial charge in [0.15, 0.2) is 0 Å². The number of esters is 1. The fourth-order valence-corrected chi connectivity index (χ4v) is 2.35. The molecule has 1 aromatic rings. The van der Waals surface area contributed by atoms with Crippen molar-refractivity contribution in [3.05, 3.63) is 23.7 Å². The van der Waals surface area contributed by atoms with Crippen molar-refractivity contribution in [3.8, 4) is 6.07 Å². The summed E-state index contributed by atoms with van der Waals surface area (Å²) in [6.07, 6.45) is 4.50. The van der Waals surface area contributed by atoms with Crippen LogP contribution in [0.2, 0.25) is 0 Å². The summed E-state index contributed by atoms with van der Waals surface area (Å²) in [5.41, 5.74) is 0.769. The summed E-state index contributed by atoms with van der Waals surface area (Å²) in [6.45, 7) is 0.518. The van der Waals surface area contributed by atoms with Crippen molar-refractivity contribution in [2.24, 2.45) is 5.92 Å². The second kappa shape index (κ2) is 5.69. The van der Waals surface area contributed by atoms with Gasteiger partial charge in [-0.05, 0) is 18.9 Å². The number of rotatable bonds is 4. The molecule has 0 aromatic carbocycles. The van der Waals surface area contributed by atoms with Crippen LogP contribution in [0.5, 0.6) is 0 Å². The lowest BCUT2D eigenvalue weighted by atomic mass is 10.1. The molecule has 0 amide bonds. The summed E-state index contributed by atoms with van der Waals surface area (Å²) < 4.78 is 9.74. The average Bonchev–Trinajstić information content (AvgIpc) is 3.03. The summed E-state index contributed by atoms with van der Waals surface area (Å²) in [4.78, 5) is 11.4. The van der Waals surface area contributed by atoms with Crippen LogP contribution in [0.15, 0.2) is 16.7 Å². The van der Waals surface area contributed by atoms with Crippen molar-refractivity contribution in [3.63, 3.8) is 0 Å². The van der Waals surface area contributed by atoms with Crippen molar-refractivity contribution in [2.45, 2.75) is 31.8 Å². The van der Waals surface area contributed by atoms with Gasteiger partial charge in [-0.1, -0.05) is 6.42 Å². The minimum atomic E-state index is -0.472. The van der Waals surface area contributed by atoms with Crippen LogP contribution in [0.25, 0.3) is 0 Å². The fraction of sp³-hybridized carbons (Fsp3) is 0.538.